The van der Waals surface area contributed by atoms with Gasteiger partial charge in [-0.25, -0.2) is 14.4 Å². The van der Waals surface area contributed by atoms with E-state index in [9.17, 15) is 9.18 Å². The van der Waals surface area contributed by atoms with Crippen LogP contribution in [0.1, 0.15) is 11.5 Å². The Morgan fingerprint density at radius 1 is 1.26 bits per heavy atom. The second-order valence-electron chi connectivity index (χ2n) is 4.97. The zero-order valence-corrected chi connectivity index (χ0v) is 12.4. The maximum absolute atomic E-state index is 13.3. The summed E-state index contributed by atoms with van der Waals surface area (Å²) in [7, 11) is 0. The number of pyridine rings is 1. The van der Waals surface area contributed by atoms with E-state index in [4.69, 9.17) is 4.42 Å². The molecule has 1 N–H and O–H groups in total. The summed E-state index contributed by atoms with van der Waals surface area (Å²) >= 11 is 0. The van der Waals surface area contributed by atoms with Crippen molar-refractivity contribution < 1.29 is 13.6 Å². The van der Waals surface area contributed by atoms with Gasteiger partial charge in [0.15, 0.2) is 0 Å². The quantitative estimate of drug-likeness (QED) is 0.802. The first-order valence-electron chi connectivity index (χ1n) is 7.05. The number of aromatic nitrogens is 2. The lowest BCUT2D eigenvalue weighted by molar-refractivity contribution is -0.115. The van der Waals surface area contributed by atoms with Crippen LogP contribution in [0.5, 0.6) is 0 Å². The number of aryl methyl sites for hydroxylation is 1. The Labute approximate surface area is 132 Å². The summed E-state index contributed by atoms with van der Waals surface area (Å²) in [5.41, 5.74) is 1.04. The largest absolute Gasteiger partial charge is 0.441 e. The molecule has 0 spiro atoms. The van der Waals surface area contributed by atoms with Gasteiger partial charge in [-0.1, -0.05) is 12.1 Å². The number of benzene rings is 1. The number of nitrogens with one attached hydrogen (secondary N) is 1. The van der Waals surface area contributed by atoms with Crippen molar-refractivity contribution in [2.75, 3.05) is 5.32 Å². The molecule has 1 amide bonds. The maximum Gasteiger partial charge on any atom is 0.231 e. The molecule has 0 saturated carbocycles. The third-order valence-corrected chi connectivity index (χ3v) is 3.22. The molecule has 0 saturated heterocycles. The number of hydrogen-bond acceptors (Lipinski definition) is 4. The predicted octanol–water partition coefficient (Wildman–Crippen LogP) is 3.37. The Morgan fingerprint density at radius 3 is 2.87 bits per heavy atom. The number of carbonyl (C=O) groups is 1. The minimum absolute atomic E-state index is 0.0568. The van der Waals surface area contributed by atoms with Gasteiger partial charge in [0.2, 0.25) is 11.8 Å². The van der Waals surface area contributed by atoms with E-state index < -0.39 is 0 Å². The van der Waals surface area contributed by atoms with Gasteiger partial charge < -0.3 is 9.73 Å². The highest BCUT2D eigenvalue weighted by atomic mass is 19.1. The van der Waals surface area contributed by atoms with E-state index in [1.54, 1.807) is 43.5 Å². The summed E-state index contributed by atoms with van der Waals surface area (Å²) in [5.74, 6) is 0.686. The third-order valence-electron chi connectivity index (χ3n) is 3.22. The second-order valence-corrected chi connectivity index (χ2v) is 4.97. The van der Waals surface area contributed by atoms with Crippen LogP contribution in [0.3, 0.4) is 0 Å². The number of carbonyl (C=O) groups excluding carboxylic acids is 1. The average Bonchev–Trinajstić information content (AvgIpc) is 2.89. The number of halogens is 1. The molecule has 2 heterocycles. The molecule has 0 unspecified atom stereocenters. The molecule has 0 bridgehead atoms. The van der Waals surface area contributed by atoms with Crippen LogP contribution in [0.4, 0.5) is 10.2 Å². The minimum atomic E-state index is -0.368. The molecule has 23 heavy (non-hydrogen) atoms. The van der Waals surface area contributed by atoms with E-state index in [2.05, 4.69) is 15.3 Å². The van der Waals surface area contributed by atoms with Crippen molar-refractivity contribution in [2.45, 2.75) is 13.3 Å². The first-order valence-corrected chi connectivity index (χ1v) is 7.05. The molecule has 0 atom stereocenters. The van der Waals surface area contributed by atoms with Crippen molar-refractivity contribution in [2.24, 2.45) is 0 Å². The molecule has 2 aromatic heterocycles. The highest BCUT2D eigenvalue weighted by molar-refractivity contribution is 5.91. The van der Waals surface area contributed by atoms with E-state index in [1.807, 2.05) is 0 Å². The Balaban J connectivity index is 1.75. The van der Waals surface area contributed by atoms with Crippen LogP contribution in [0.25, 0.3) is 11.5 Å². The fourth-order valence-electron chi connectivity index (χ4n) is 2.11. The molecule has 0 aliphatic rings. The second kappa shape index (κ2) is 6.39. The summed E-state index contributed by atoms with van der Waals surface area (Å²) < 4.78 is 18.8. The van der Waals surface area contributed by atoms with Crippen LogP contribution in [-0.4, -0.2) is 15.9 Å². The number of amides is 1. The van der Waals surface area contributed by atoms with Gasteiger partial charge in [0.1, 0.15) is 17.4 Å². The molecule has 3 aromatic rings. The van der Waals surface area contributed by atoms with Crippen molar-refractivity contribution in [3.8, 4) is 11.5 Å². The van der Waals surface area contributed by atoms with Crippen LogP contribution in [-0.2, 0) is 11.2 Å². The Morgan fingerprint density at radius 2 is 2.13 bits per heavy atom. The van der Waals surface area contributed by atoms with Crippen LogP contribution < -0.4 is 5.32 Å². The minimum Gasteiger partial charge on any atom is -0.441 e. The van der Waals surface area contributed by atoms with Crippen molar-refractivity contribution in [1.29, 1.82) is 0 Å². The van der Waals surface area contributed by atoms with E-state index >= 15 is 0 Å². The fraction of sp³-hybridized carbons (Fsp3) is 0.118. The molecular formula is C17H14FN3O2. The van der Waals surface area contributed by atoms with E-state index in [-0.39, 0.29) is 18.1 Å². The normalized spacial score (nSPS) is 10.5. The Hall–Kier alpha value is -3.02. The van der Waals surface area contributed by atoms with Gasteiger partial charge >= 0.3 is 0 Å². The smallest absolute Gasteiger partial charge is 0.231 e. The molecular weight excluding hydrogens is 297 g/mol. The molecule has 6 heteroatoms. The summed E-state index contributed by atoms with van der Waals surface area (Å²) in [4.78, 5) is 20.4. The zero-order chi connectivity index (χ0) is 16.2. The fourth-order valence-corrected chi connectivity index (χ4v) is 2.11. The Kier molecular flexibility index (Phi) is 4.14. The van der Waals surface area contributed by atoms with Crippen molar-refractivity contribution >= 4 is 11.7 Å². The van der Waals surface area contributed by atoms with Gasteiger partial charge in [-0.05, 0) is 37.3 Å². The molecule has 5 nitrogen and oxygen atoms in total. The number of anilines is 1. The van der Waals surface area contributed by atoms with E-state index in [0.717, 1.165) is 0 Å². The lowest BCUT2D eigenvalue weighted by Gasteiger charge is -2.02. The molecule has 0 aliphatic heterocycles. The number of rotatable bonds is 4. The number of oxazole rings is 1. The van der Waals surface area contributed by atoms with Crippen LogP contribution in [0, 0.1) is 12.7 Å². The highest BCUT2D eigenvalue weighted by Gasteiger charge is 2.15. The van der Waals surface area contributed by atoms with Crippen molar-refractivity contribution in [3.63, 3.8) is 0 Å². The SMILES string of the molecule is Cc1oc(-c2cccc(F)c2)nc1CC(=O)Nc1ccccn1. The Bertz CT molecular complexity index is 831. The topological polar surface area (TPSA) is 68.0 Å². The average molecular weight is 311 g/mol. The molecule has 116 valence electrons. The molecule has 0 radical (unpaired) electrons. The molecule has 1 aromatic carbocycles. The number of nitrogens with zero attached hydrogens (tertiary/aromatic N) is 2. The van der Waals surface area contributed by atoms with Gasteiger partial charge in [-0.3, -0.25) is 4.79 Å². The summed E-state index contributed by atoms with van der Waals surface area (Å²) in [6, 6.07) is 11.2. The first-order chi connectivity index (χ1) is 11.1. The first kappa shape index (κ1) is 14.9. The molecule has 3 rings (SSSR count). The van der Waals surface area contributed by atoms with Crippen LogP contribution in [0.2, 0.25) is 0 Å². The van der Waals surface area contributed by atoms with Gasteiger partial charge in [-0.2, -0.15) is 0 Å². The summed E-state index contributed by atoms with van der Waals surface area (Å²) in [5, 5.41) is 2.68. The van der Waals surface area contributed by atoms with Gasteiger partial charge in [-0.15, -0.1) is 0 Å². The monoisotopic (exact) mass is 311 g/mol. The van der Waals surface area contributed by atoms with Crippen LogP contribution >= 0.6 is 0 Å². The van der Waals surface area contributed by atoms with E-state index in [0.29, 0.717) is 28.7 Å². The lowest BCUT2D eigenvalue weighted by Crippen LogP contribution is -2.15. The molecule has 0 fully saturated rings. The van der Waals surface area contributed by atoms with Crippen LogP contribution in [0.15, 0.2) is 53.1 Å². The molecule has 0 aliphatic carbocycles. The standard InChI is InChI=1S/C17H14FN3O2/c1-11-14(10-16(22)21-15-7-2-3-8-19-15)20-17(23-11)12-5-4-6-13(18)9-12/h2-9H,10H2,1H3,(H,19,21,22). The van der Waals surface area contributed by atoms with Gasteiger partial charge in [0.05, 0.1) is 12.1 Å². The summed E-state index contributed by atoms with van der Waals surface area (Å²) in [6.07, 6.45) is 1.65. The van der Waals surface area contributed by atoms with E-state index in [1.165, 1.54) is 12.1 Å². The lowest BCUT2D eigenvalue weighted by atomic mass is 10.2. The zero-order valence-electron chi connectivity index (χ0n) is 12.4. The van der Waals surface area contributed by atoms with Crippen molar-refractivity contribution in [3.05, 3.63) is 65.9 Å². The maximum atomic E-state index is 13.3. The summed E-state index contributed by atoms with van der Waals surface area (Å²) in [6.45, 7) is 1.72. The number of hydrogen-bond donors (Lipinski definition) is 1. The van der Waals surface area contributed by atoms with Gasteiger partial charge in [0, 0.05) is 11.8 Å². The predicted molar refractivity (Wildman–Crippen MR) is 83.2 cm³/mol. The third kappa shape index (κ3) is 3.60. The highest BCUT2D eigenvalue weighted by Crippen LogP contribution is 2.22. The van der Waals surface area contributed by atoms with Crippen molar-refractivity contribution in [1.82, 2.24) is 9.97 Å². The van der Waals surface area contributed by atoms with Gasteiger partial charge in [0.25, 0.3) is 0 Å².